The van der Waals surface area contributed by atoms with Gasteiger partial charge in [0, 0.05) is 6.20 Å². The molecule has 0 fully saturated rings. The number of thiazole rings is 1. The van der Waals surface area contributed by atoms with Crippen molar-refractivity contribution < 1.29 is 8.42 Å². The van der Waals surface area contributed by atoms with E-state index >= 15 is 0 Å². The van der Waals surface area contributed by atoms with E-state index in [-0.39, 0.29) is 4.90 Å². The Morgan fingerprint density at radius 2 is 1.90 bits per heavy atom. The zero-order chi connectivity index (χ0) is 21.4. The molecule has 6 nitrogen and oxygen atoms in total. The summed E-state index contributed by atoms with van der Waals surface area (Å²) in [5, 5.41) is 6.85. The summed E-state index contributed by atoms with van der Waals surface area (Å²) in [6.45, 7) is 2.48. The van der Waals surface area contributed by atoms with Crippen molar-refractivity contribution in [3.05, 3.63) is 83.4 Å². The van der Waals surface area contributed by atoms with Gasteiger partial charge in [0.25, 0.3) is 10.0 Å². The van der Waals surface area contributed by atoms with Crippen LogP contribution in [0.3, 0.4) is 0 Å². The van der Waals surface area contributed by atoms with Gasteiger partial charge in [-0.15, -0.1) is 11.3 Å². The van der Waals surface area contributed by atoms with Gasteiger partial charge in [0.2, 0.25) is 0 Å². The van der Waals surface area contributed by atoms with Gasteiger partial charge in [-0.3, -0.25) is 9.40 Å². The summed E-state index contributed by atoms with van der Waals surface area (Å²) in [5.41, 5.74) is 3.36. The van der Waals surface area contributed by atoms with Crippen molar-refractivity contribution in [3.63, 3.8) is 0 Å². The number of fused-ring (bicyclic) bond motifs is 1. The Balaban J connectivity index is 1.53. The van der Waals surface area contributed by atoms with Crippen LogP contribution < -0.4 is 4.72 Å². The van der Waals surface area contributed by atoms with E-state index in [0.717, 1.165) is 26.2 Å². The summed E-state index contributed by atoms with van der Waals surface area (Å²) >= 11 is 2.78. The largest absolute Gasteiger partial charge is 0.267 e. The Bertz CT molecular complexity index is 1450. The van der Waals surface area contributed by atoms with E-state index in [1.165, 1.54) is 22.7 Å². The summed E-state index contributed by atoms with van der Waals surface area (Å²) < 4.78 is 31.9. The first-order valence-electron chi connectivity index (χ1n) is 9.53. The molecule has 0 amide bonds. The molecule has 0 bridgehead atoms. The van der Waals surface area contributed by atoms with Crippen LogP contribution in [0.2, 0.25) is 0 Å². The molecule has 3 aromatic heterocycles. The topological polar surface area (TPSA) is 76.9 Å². The van der Waals surface area contributed by atoms with Gasteiger partial charge >= 0.3 is 0 Å². The average Bonchev–Trinajstić information content (AvgIpc) is 3.47. The molecular weight excluding hydrogens is 448 g/mol. The number of rotatable bonds is 6. The quantitative estimate of drug-likeness (QED) is 0.365. The van der Waals surface area contributed by atoms with Crippen LogP contribution >= 0.6 is 22.7 Å². The van der Waals surface area contributed by atoms with Crippen molar-refractivity contribution in [2.45, 2.75) is 18.4 Å². The van der Waals surface area contributed by atoms with E-state index in [1.807, 2.05) is 73.0 Å². The fourth-order valence-electron chi connectivity index (χ4n) is 3.28. The Kier molecular flexibility index (Phi) is 5.09. The molecule has 0 saturated carbocycles. The first-order valence-corrected chi connectivity index (χ1v) is 12.7. The van der Waals surface area contributed by atoms with Crippen molar-refractivity contribution in [1.29, 1.82) is 0 Å². The Morgan fingerprint density at radius 3 is 2.68 bits per heavy atom. The standard InChI is InChI=1S/C22H18N4O2S3/c1-15-9-10-17-19(12-15)30-22(23-17)25-31(27,28)20-14-26(13-16-6-3-2-4-7-16)24-21(20)18-8-5-11-29-18/h2-12,14H,13H2,1H3,(H,23,25). The Labute approximate surface area is 187 Å². The monoisotopic (exact) mass is 466 g/mol. The van der Waals surface area contributed by atoms with E-state index in [2.05, 4.69) is 14.8 Å². The lowest BCUT2D eigenvalue weighted by Crippen LogP contribution is -2.13. The minimum Gasteiger partial charge on any atom is -0.266 e. The van der Waals surface area contributed by atoms with E-state index in [4.69, 9.17) is 0 Å². The van der Waals surface area contributed by atoms with E-state index in [1.54, 1.807) is 10.9 Å². The molecule has 3 heterocycles. The highest BCUT2D eigenvalue weighted by atomic mass is 32.2. The van der Waals surface area contributed by atoms with Crippen LogP contribution in [0, 0.1) is 6.92 Å². The van der Waals surface area contributed by atoms with E-state index in [9.17, 15) is 8.42 Å². The maximum atomic E-state index is 13.3. The molecule has 0 aliphatic carbocycles. The van der Waals surface area contributed by atoms with Crippen molar-refractivity contribution in [1.82, 2.24) is 14.8 Å². The SMILES string of the molecule is Cc1ccc2nc(NS(=O)(=O)c3cn(Cc4ccccc4)nc3-c3cccs3)sc2c1. The lowest BCUT2D eigenvalue weighted by molar-refractivity contribution is 0.601. The number of anilines is 1. The van der Waals surface area contributed by atoms with Gasteiger partial charge in [-0.1, -0.05) is 53.8 Å². The molecular formula is C22H18N4O2S3. The minimum absolute atomic E-state index is 0.140. The maximum absolute atomic E-state index is 13.3. The molecule has 0 aliphatic rings. The first-order chi connectivity index (χ1) is 15.0. The molecule has 0 aliphatic heterocycles. The summed E-state index contributed by atoms with van der Waals surface area (Å²) in [7, 11) is -3.88. The Hall–Kier alpha value is -3.01. The number of hydrogen-bond donors (Lipinski definition) is 1. The summed E-state index contributed by atoms with van der Waals surface area (Å²) in [5.74, 6) is 0. The normalized spacial score (nSPS) is 11.8. The Morgan fingerprint density at radius 1 is 1.06 bits per heavy atom. The smallest absolute Gasteiger partial charge is 0.266 e. The van der Waals surface area contributed by atoms with Gasteiger partial charge < -0.3 is 0 Å². The first kappa shape index (κ1) is 19.9. The second-order valence-electron chi connectivity index (χ2n) is 7.10. The predicted octanol–water partition coefficient (Wildman–Crippen LogP) is 5.38. The van der Waals surface area contributed by atoms with Gasteiger partial charge in [0.1, 0.15) is 10.6 Å². The number of hydrogen-bond acceptors (Lipinski definition) is 6. The molecule has 1 N–H and O–H groups in total. The highest BCUT2D eigenvalue weighted by Crippen LogP contribution is 2.33. The van der Waals surface area contributed by atoms with Crippen LogP contribution in [-0.2, 0) is 16.6 Å². The van der Waals surface area contributed by atoms with Gasteiger partial charge in [-0.25, -0.2) is 13.4 Å². The summed E-state index contributed by atoms with van der Waals surface area (Å²) in [6.07, 6.45) is 1.59. The van der Waals surface area contributed by atoms with E-state index in [0.29, 0.717) is 17.4 Å². The molecule has 0 spiro atoms. The van der Waals surface area contributed by atoms with Gasteiger partial charge in [0.15, 0.2) is 5.13 Å². The molecule has 0 saturated heterocycles. The zero-order valence-electron chi connectivity index (χ0n) is 16.5. The van der Waals surface area contributed by atoms with Gasteiger partial charge in [0.05, 0.1) is 21.6 Å². The molecule has 0 radical (unpaired) electrons. The molecule has 0 atom stereocenters. The number of sulfonamides is 1. The lowest BCUT2D eigenvalue weighted by Gasteiger charge is -2.04. The molecule has 2 aromatic carbocycles. The number of thiophene rings is 1. The summed E-state index contributed by atoms with van der Waals surface area (Å²) in [6, 6.07) is 19.4. The van der Waals surface area contributed by atoms with Crippen molar-refractivity contribution in [2.24, 2.45) is 0 Å². The van der Waals surface area contributed by atoms with Gasteiger partial charge in [-0.05, 0) is 41.6 Å². The van der Waals surface area contributed by atoms with Crippen LogP contribution in [0.25, 0.3) is 20.8 Å². The van der Waals surface area contributed by atoms with Crippen LogP contribution in [-0.4, -0.2) is 23.2 Å². The predicted molar refractivity (Wildman–Crippen MR) is 126 cm³/mol. The lowest BCUT2D eigenvalue weighted by atomic mass is 10.2. The summed E-state index contributed by atoms with van der Waals surface area (Å²) in [4.78, 5) is 5.37. The van der Waals surface area contributed by atoms with Crippen LogP contribution in [0.5, 0.6) is 0 Å². The molecule has 5 rings (SSSR count). The fraction of sp³-hybridized carbons (Fsp3) is 0.0909. The van der Waals surface area contributed by atoms with Crippen molar-refractivity contribution in [3.8, 4) is 10.6 Å². The fourth-order valence-corrected chi connectivity index (χ4v) is 6.43. The number of aromatic nitrogens is 3. The third-order valence-electron chi connectivity index (χ3n) is 4.73. The molecule has 5 aromatic rings. The number of benzene rings is 2. The van der Waals surface area contributed by atoms with Crippen molar-refractivity contribution >= 4 is 48.0 Å². The number of nitrogens with zero attached hydrogens (tertiary/aromatic N) is 3. The average molecular weight is 467 g/mol. The molecule has 31 heavy (non-hydrogen) atoms. The second kappa shape index (κ2) is 7.92. The van der Waals surface area contributed by atoms with Crippen LogP contribution in [0.4, 0.5) is 5.13 Å². The highest BCUT2D eigenvalue weighted by Gasteiger charge is 2.25. The molecule has 0 unspecified atom stereocenters. The molecule has 9 heteroatoms. The van der Waals surface area contributed by atoms with Crippen LogP contribution in [0.1, 0.15) is 11.1 Å². The van der Waals surface area contributed by atoms with Gasteiger partial charge in [-0.2, -0.15) is 5.10 Å². The third kappa shape index (κ3) is 4.12. The van der Waals surface area contributed by atoms with E-state index < -0.39 is 10.0 Å². The molecule has 156 valence electrons. The number of aryl methyl sites for hydroxylation is 1. The third-order valence-corrected chi connectivity index (χ3v) is 8.00. The van der Waals surface area contributed by atoms with Crippen LogP contribution in [0.15, 0.2) is 77.1 Å². The number of nitrogens with one attached hydrogen (secondary N) is 1. The maximum Gasteiger partial charge on any atom is 0.267 e. The highest BCUT2D eigenvalue weighted by molar-refractivity contribution is 7.93. The second-order valence-corrected chi connectivity index (χ2v) is 10.7. The zero-order valence-corrected chi connectivity index (χ0v) is 19.0. The minimum atomic E-state index is -3.88. The van der Waals surface area contributed by atoms with Crippen molar-refractivity contribution in [2.75, 3.05) is 4.72 Å².